The van der Waals surface area contributed by atoms with Crippen LogP contribution in [0.15, 0.2) is 17.5 Å². The van der Waals surface area contributed by atoms with Gasteiger partial charge in [0.1, 0.15) is 5.01 Å². The Kier molecular flexibility index (Phi) is 3.73. The SMILES string of the molecule is Cc1csc(CC(=O)c2c(Cl)ccc(F)c2F)n1. The molecule has 2 rings (SSSR count). The van der Waals surface area contributed by atoms with E-state index < -0.39 is 23.0 Å². The molecule has 6 heteroatoms. The van der Waals surface area contributed by atoms with Crippen molar-refractivity contribution in [2.75, 3.05) is 0 Å². The summed E-state index contributed by atoms with van der Waals surface area (Å²) in [5.41, 5.74) is 0.373. The second-order valence-electron chi connectivity index (χ2n) is 3.70. The number of carbonyl (C=O) groups excluding carboxylic acids is 1. The van der Waals surface area contributed by atoms with Gasteiger partial charge in [0.2, 0.25) is 0 Å². The van der Waals surface area contributed by atoms with Gasteiger partial charge in [-0.1, -0.05) is 11.6 Å². The number of thiazole rings is 1. The summed E-state index contributed by atoms with van der Waals surface area (Å²) in [5.74, 6) is -2.87. The summed E-state index contributed by atoms with van der Waals surface area (Å²) in [5, 5.41) is 2.25. The first-order valence-corrected chi connectivity index (χ1v) is 6.32. The lowest BCUT2D eigenvalue weighted by Crippen LogP contribution is -2.08. The second-order valence-corrected chi connectivity index (χ2v) is 5.05. The van der Waals surface area contributed by atoms with E-state index in [2.05, 4.69) is 4.98 Å². The molecule has 0 aliphatic carbocycles. The van der Waals surface area contributed by atoms with E-state index in [-0.39, 0.29) is 11.4 Å². The highest BCUT2D eigenvalue weighted by atomic mass is 35.5. The zero-order valence-corrected chi connectivity index (χ0v) is 10.9. The molecule has 0 fully saturated rings. The Hall–Kier alpha value is -1.33. The van der Waals surface area contributed by atoms with Crippen molar-refractivity contribution < 1.29 is 13.6 Å². The molecule has 0 N–H and O–H groups in total. The molecule has 1 heterocycles. The lowest BCUT2D eigenvalue weighted by Gasteiger charge is -2.04. The van der Waals surface area contributed by atoms with Crippen molar-refractivity contribution in [2.24, 2.45) is 0 Å². The molecule has 0 saturated carbocycles. The molecule has 1 aromatic carbocycles. The summed E-state index contributed by atoms with van der Waals surface area (Å²) in [7, 11) is 0. The minimum atomic E-state index is -1.21. The summed E-state index contributed by atoms with van der Waals surface area (Å²) in [6.45, 7) is 1.79. The van der Waals surface area contributed by atoms with Crippen molar-refractivity contribution in [1.29, 1.82) is 0 Å². The molecule has 0 aliphatic rings. The van der Waals surface area contributed by atoms with E-state index in [0.29, 0.717) is 5.01 Å². The van der Waals surface area contributed by atoms with Crippen LogP contribution in [0, 0.1) is 18.6 Å². The normalized spacial score (nSPS) is 10.7. The van der Waals surface area contributed by atoms with E-state index in [9.17, 15) is 13.6 Å². The third-order valence-corrected chi connectivity index (χ3v) is 3.58. The Morgan fingerprint density at radius 1 is 1.44 bits per heavy atom. The number of hydrogen-bond acceptors (Lipinski definition) is 3. The van der Waals surface area contributed by atoms with Crippen molar-refractivity contribution in [2.45, 2.75) is 13.3 Å². The first-order chi connectivity index (χ1) is 8.49. The molecule has 1 aromatic heterocycles. The summed E-state index contributed by atoms with van der Waals surface area (Å²) < 4.78 is 26.6. The van der Waals surface area contributed by atoms with Crippen LogP contribution in [-0.4, -0.2) is 10.8 Å². The van der Waals surface area contributed by atoms with Gasteiger partial charge in [0.25, 0.3) is 0 Å². The lowest BCUT2D eigenvalue weighted by atomic mass is 10.1. The van der Waals surface area contributed by atoms with Gasteiger partial charge in [0.05, 0.1) is 17.0 Å². The smallest absolute Gasteiger partial charge is 0.174 e. The first kappa shape index (κ1) is 13.1. The Bertz CT molecular complexity index is 612. The zero-order valence-electron chi connectivity index (χ0n) is 9.34. The fourth-order valence-corrected chi connectivity index (χ4v) is 2.51. The molecule has 0 amide bonds. The van der Waals surface area contributed by atoms with Crippen molar-refractivity contribution >= 4 is 28.7 Å². The molecule has 2 aromatic rings. The molecule has 0 spiro atoms. The molecule has 0 saturated heterocycles. The van der Waals surface area contributed by atoms with Crippen molar-refractivity contribution in [3.63, 3.8) is 0 Å². The standard InChI is InChI=1S/C12H8ClF2NOS/c1-6-5-18-10(16-6)4-9(17)11-7(13)2-3-8(14)12(11)15/h2-3,5H,4H2,1H3. The molecule has 18 heavy (non-hydrogen) atoms. The van der Waals surface area contributed by atoms with Gasteiger partial charge in [0, 0.05) is 11.1 Å². The minimum Gasteiger partial charge on any atom is -0.294 e. The fraction of sp³-hybridized carbons (Fsp3) is 0.167. The highest BCUT2D eigenvalue weighted by Crippen LogP contribution is 2.23. The summed E-state index contributed by atoms with van der Waals surface area (Å²) >= 11 is 7.02. The number of ketones is 1. The zero-order chi connectivity index (χ0) is 13.3. The van der Waals surface area contributed by atoms with Crippen LogP contribution >= 0.6 is 22.9 Å². The van der Waals surface area contributed by atoms with Gasteiger partial charge >= 0.3 is 0 Å². The molecule has 0 aliphatic heterocycles. The van der Waals surface area contributed by atoms with Crippen LogP contribution in [0.4, 0.5) is 8.78 Å². The Morgan fingerprint density at radius 3 is 2.78 bits per heavy atom. The van der Waals surface area contributed by atoms with Crippen LogP contribution < -0.4 is 0 Å². The number of benzene rings is 1. The minimum absolute atomic E-state index is 0.0847. The quantitative estimate of drug-likeness (QED) is 0.635. The average molecular weight is 288 g/mol. The molecular formula is C12H8ClF2NOS. The predicted molar refractivity (Wildman–Crippen MR) is 66.3 cm³/mol. The molecule has 94 valence electrons. The molecular weight excluding hydrogens is 280 g/mol. The maximum absolute atomic E-state index is 13.5. The van der Waals surface area contributed by atoms with E-state index >= 15 is 0 Å². The molecule has 0 atom stereocenters. The second kappa shape index (κ2) is 5.12. The highest BCUT2D eigenvalue weighted by molar-refractivity contribution is 7.09. The van der Waals surface area contributed by atoms with Crippen LogP contribution in [0.5, 0.6) is 0 Å². The summed E-state index contributed by atoms with van der Waals surface area (Å²) in [4.78, 5) is 16.0. The number of Topliss-reactive ketones (excluding diaryl/α,β-unsaturated/α-hetero) is 1. The number of aromatic nitrogens is 1. The largest absolute Gasteiger partial charge is 0.294 e. The maximum atomic E-state index is 13.5. The number of halogens is 3. The number of aryl methyl sites for hydroxylation is 1. The number of rotatable bonds is 3. The van der Waals surface area contributed by atoms with Crippen LogP contribution in [0.1, 0.15) is 21.1 Å². The van der Waals surface area contributed by atoms with E-state index in [4.69, 9.17) is 11.6 Å². The van der Waals surface area contributed by atoms with Crippen molar-refractivity contribution in [3.8, 4) is 0 Å². The average Bonchev–Trinajstić information content (AvgIpc) is 2.70. The number of hydrogen-bond donors (Lipinski definition) is 0. The van der Waals surface area contributed by atoms with Gasteiger partial charge in [0.15, 0.2) is 17.4 Å². The molecule has 0 bridgehead atoms. The van der Waals surface area contributed by atoms with Crippen LogP contribution in [-0.2, 0) is 6.42 Å². The third kappa shape index (κ3) is 2.57. The van der Waals surface area contributed by atoms with Crippen molar-refractivity contribution in [1.82, 2.24) is 4.98 Å². The first-order valence-electron chi connectivity index (χ1n) is 5.06. The van der Waals surface area contributed by atoms with Gasteiger partial charge in [-0.3, -0.25) is 4.79 Å². The molecule has 0 unspecified atom stereocenters. The number of carbonyl (C=O) groups is 1. The van der Waals surface area contributed by atoms with E-state index in [1.807, 2.05) is 0 Å². The van der Waals surface area contributed by atoms with Crippen LogP contribution in [0.25, 0.3) is 0 Å². The third-order valence-electron chi connectivity index (χ3n) is 2.30. The Labute approximate surface area is 111 Å². The Morgan fingerprint density at radius 2 is 2.17 bits per heavy atom. The van der Waals surface area contributed by atoms with Gasteiger partial charge in [-0.15, -0.1) is 11.3 Å². The Balaban J connectivity index is 2.32. The molecule has 0 radical (unpaired) electrons. The predicted octanol–water partition coefficient (Wildman–Crippen LogP) is 3.81. The molecule has 2 nitrogen and oxygen atoms in total. The van der Waals surface area contributed by atoms with Crippen LogP contribution in [0.2, 0.25) is 5.02 Å². The summed E-state index contributed by atoms with van der Waals surface area (Å²) in [6, 6.07) is 2.06. The lowest BCUT2D eigenvalue weighted by molar-refractivity contribution is 0.0988. The van der Waals surface area contributed by atoms with Gasteiger partial charge < -0.3 is 0 Å². The van der Waals surface area contributed by atoms with Crippen molar-refractivity contribution in [3.05, 3.63) is 50.4 Å². The number of nitrogens with zero attached hydrogens (tertiary/aromatic N) is 1. The monoisotopic (exact) mass is 287 g/mol. The summed E-state index contributed by atoms with van der Waals surface area (Å²) in [6.07, 6.45) is -0.0847. The van der Waals surface area contributed by atoms with E-state index in [1.54, 1.807) is 12.3 Å². The fourth-order valence-electron chi connectivity index (χ4n) is 1.49. The maximum Gasteiger partial charge on any atom is 0.174 e. The topological polar surface area (TPSA) is 30.0 Å². The highest BCUT2D eigenvalue weighted by Gasteiger charge is 2.20. The van der Waals surface area contributed by atoms with Crippen LogP contribution in [0.3, 0.4) is 0 Å². The van der Waals surface area contributed by atoms with E-state index in [0.717, 1.165) is 11.8 Å². The van der Waals surface area contributed by atoms with Gasteiger partial charge in [-0.25, -0.2) is 13.8 Å². The van der Waals surface area contributed by atoms with Gasteiger partial charge in [-0.2, -0.15) is 0 Å². The van der Waals surface area contributed by atoms with E-state index in [1.165, 1.54) is 17.4 Å². The van der Waals surface area contributed by atoms with Gasteiger partial charge in [-0.05, 0) is 19.1 Å².